The number of anilines is 1. The number of nitrogens with one attached hydrogen (secondary N) is 1. The Labute approximate surface area is 89.0 Å². The minimum absolute atomic E-state index is 0.0173. The molecule has 0 saturated heterocycles. The van der Waals surface area contributed by atoms with Crippen molar-refractivity contribution in [1.29, 1.82) is 0 Å². The molecule has 0 amide bonds. The SMILES string of the molecule is O=[N+]([O-])c1ccc(NCCO)c(Br)c1. The summed E-state index contributed by atoms with van der Waals surface area (Å²) in [5.41, 5.74) is 0.760. The van der Waals surface area contributed by atoms with E-state index in [4.69, 9.17) is 5.11 Å². The van der Waals surface area contributed by atoms with Crippen LogP contribution in [0.25, 0.3) is 0 Å². The van der Waals surface area contributed by atoms with Crippen molar-refractivity contribution >= 4 is 27.3 Å². The van der Waals surface area contributed by atoms with E-state index in [0.717, 1.165) is 5.69 Å². The molecule has 0 saturated carbocycles. The number of aliphatic hydroxyl groups is 1. The highest BCUT2D eigenvalue weighted by Crippen LogP contribution is 2.26. The minimum Gasteiger partial charge on any atom is -0.395 e. The number of nitrogens with zero attached hydrogens (tertiary/aromatic N) is 1. The molecule has 0 aliphatic carbocycles. The minimum atomic E-state index is -0.458. The Morgan fingerprint density at radius 2 is 2.29 bits per heavy atom. The van der Waals surface area contributed by atoms with Gasteiger partial charge in [-0.25, -0.2) is 0 Å². The van der Waals surface area contributed by atoms with Crippen LogP contribution in [0, 0.1) is 10.1 Å². The third-order valence-electron chi connectivity index (χ3n) is 1.59. The number of halogens is 1. The first-order chi connectivity index (χ1) is 6.65. The number of benzene rings is 1. The van der Waals surface area contributed by atoms with Gasteiger partial charge >= 0.3 is 0 Å². The van der Waals surface area contributed by atoms with Crippen molar-refractivity contribution in [2.75, 3.05) is 18.5 Å². The van der Waals surface area contributed by atoms with Gasteiger partial charge in [-0.3, -0.25) is 10.1 Å². The molecule has 2 N–H and O–H groups in total. The molecule has 6 heteroatoms. The quantitative estimate of drug-likeness (QED) is 0.639. The van der Waals surface area contributed by atoms with E-state index in [1.54, 1.807) is 6.07 Å². The molecule has 0 spiro atoms. The smallest absolute Gasteiger partial charge is 0.270 e. The van der Waals surface area contributed by atoms with Gasteiger partial charge in [0.1, 0.15) is 0 Å². The van der Waals surface area contributed by atoms with Crippen molar-refractivity contribution in [2.45, 2.75) is 0 Å². The van der Waals surface area contributed by atoms with Gasteiger partial charge in [-0.05, 0) is 22.0 Å². The van der Waals surface area contributed by atoms with E-state index < -0.39 is 4.92 Å². The number of hydrogen-bond acceptors (Lipinski definition) is 4. The molecule has 0 fully saturated rings. The zero-order valence-electron chi connectivity index (χ0n) is 7.24. The standard InChI is InChI=1S/C8H9BrN2O3/c9-7-5-6(11(13)14)1-2-8(7)10-3-4-12/h1-2,5,10,12H,3-4H2. The highest BCUT2D eigenvalue weighted by atomic mass is 79.9. The van der Waals surface area contributed by atoms with Crippen molar-refractivity contribution in [3.63, 3.8) is 0 Å². The monoisotopic (exact) mass is 260 g/mol. The van der Waals surface area contributed by atoms with Gasteiger partial charge in [0, 0.05) is 28.8 Å². The lowest BCUT2D eigenvalue weighted by molar-refractivity contribution is -0.384. The van der Waals surface area contributed by atoms with E-state index in [9.17, 15) is 10.1 Å². The number of hydrogen-bond donors (Lipinski definition) is 2. The first-order valence-corrected chi connectivity index (χ1v) is 4.73. The summed E-state index contributed by atoms with van der Waals surface area (Å²) in [4.78, 5) is 9.95. The summed E-state index contributed by atoms with van der Waals surface area (Å²) in [5.74, 6) is 0. The van der Waals surface area contributed by atoms with Crippen molar-refractivity contribution in [1.82, 2.24) is 0 Å². The highest BCUT2D eigenvalue weighted by Gasteiger charge is 2.08. The molecule has 0 aliphatic heterocycles. The van der Waals surface area contributed by atoms with Crippen LogP contribution in [-0.4, -0.2) is 23.2 Å². The second kappa shape index (κ2) is 4.92. The number of non-ortho nitro benzene ring substituents is 1. The zero-order valence-corrected chi connectivity index (χ0v) is 8.82. The molecule has 76 valence electrons. The van der Waals surface area contributed by atoms with Crippen LogP contribution >= 0.6 is 15.9 Å². The molecule has 14 heavy (non-hydrogen) atoms. The molecular formula is C8H9BrN2O3. The number of nitro benzene ring substituents is 1. The second-order valence-electron chi connectivity index (χ2n) is 2.57. The predicted molar refractivity (Wildman–Crippen MR) is 56.4 cm³/mol. The molecule has 5 nitrogen and oxygen atoms in total. The maximum atomic E-state index is 10.4. The summed E-state index contributed by atoms with van der Waals surface area (Å²) in [7, 11) is 0. The summed E-state index contributed by atoms with van der Waals surface area (Å²) in [6.07, 6.45) is 0. The van der Waals surface area contributed by atoms with Crippen molar-refractivity contribution in [2.24, 2.45) is 0 Å². The van der Waals surface area contributed by atoms with Crippen LogP contribution in [0.2, 0.25) is 0 Å². The third kappa shape index (κ3) is 2.68. The van der Waals surface area contributed by atoms with Crippen LogP contribution in [0.4, 0.5) is 11.4 Å². The first-order valence-electron chi connectivity index (χ1n) is 3.94. The Hall–Kier alpha value is -1.14. The Bertz CT molecular complexity index is 343. The Balaban J connectivity index is 2.84. The van der Waals surface area contributed by atoms with Crippen LogP contribution in [-0.2, 0) is 0 Å². The van der Waals surface area contributed by atoms with E-state index in [-0.39, 0.29) is 12.3 Å². The number of rotatable bonds is 4. The van der Waals surface area contributed by atoms with Gasteiger partial charge in [0.25, 0.3) is 5.69 Å². The average Bonchev–Trinajstić information content (AvgIpc) is 2.15. The Morgan fingerprint density at radius 1 is 1.57 bits per heavy atom. The average molecular weight is 261 g/mol. The summed E-state index contributed by atoms with van der Waals surface area (Å²) in [6.45, 7) is 0.430. The predicted octanol–water partition coefficient (Wildman–Crippen LogP) is 1.76. The molecule has 0 aliphatic rings. The molecule has 1 aromatic carbocycles. The number of aliphatic hydroxyl groups excluding tert-OH is 1. The van der Waals surface area contributed by atoms with Crippen LogP contribution < -0.4 is 5.32 Å². The second-order valence-corrected chi connectivity index (χ2v) is 3.43. The number of nitro groups is 1. The van der Waals surface area contributed by atoms with E-state index in [1.807, 2.05) is 0 Å². The van der Waals surface area contributed by atoms with Gasteiger partial charge in [-0.1, -0.05) is 0 Å². The van der Waals surface area contributed by atoms with Gasteiger partial charge in [-0.2, -0.15) is 0 Å². The molecule has 0 bridgehead atoms. The third-order valence-corrected chi connectivity index (χ3v) is 2.25. The summed E-state index contributed by atoms with van der Waals surface area (Å²) in [6, 6.07) is 4.42. The van der Waals surface area contributed by atoms with E-state index in [0.29, 0.717) is 11.0 Å². The summed E-state index contributed by atoms with van der Waals surface area (Å²) >= 11 is 3.20. The summed E-state index contributed by atoms with van der Waals surface area (Å²) < 4.78 is 0.611. The zero-order chi connectivity index (χ0) is 10.6. The largest absolute Gasteiger partial charge is 0.395 e. The molecule has 0 aromatic heterocycles. The lowest BCUT2D eigenvalue weighted by atomic mass is 10.3. The topological polar surface area (TPSA) is 75.4 Å². The Kier molecular flexibility index (Phi) is 3.84. The van der Waals surface area contributed by atoms with Crippen molar-refractivity contribution in [3.8, 4) is 0 Å². The Morgan fingerprint density at radius 3 is 2.79 bits per heavy atom. The molecule has 1 rings (SSSR count). The fourth-order valence-electron chi connectivity index (χ4n) is 0.952. The molecular weight excluding hydrogens is 252 g/mol. The molecule has 0 atom stereocenters. The summed E-state index contributed by atoms with van der Waals surface area (Å²) in [5, 5.41) is 21.9. The van der Waals surface area contributed by atoms with Gasteiger partial charge < -0.3 is 10.4 Å². The van der Waals surface area contributed by atoms with E-state index in [2.05, 4.69) is 21.2 Å². The molecule has 0 radical (unpaired) electrons. The molecule has 0 unspecified atom stereocenters. The van der Waals surface area contributed by atoms with Crippen LogP contribution in [0.5, 0.6) is 0 Å². The van der Waals surface area contributed by atoms with Crippen molar-refractivity contribution in [3.05, 3.63) is 32.8 Å². The fraction of sp³-hybridized carbons (Fsp3) is 0.250. The lowest BCUT2D eigenvalue weighted by Crippen LogP contribution is -2.05. The molecule has 1 aromatic rings. The van der Waals surface area contributed by atoms with Gasteiger partial charge in [0.2, 0.25) is 0 Å². The van der Waals surface area contributed by atoms with Crippen LogP contribution in [0.3, 0.4) is 0 Å². The van der Waals surface area contributed by atoms with Crippen LogP contribution in [0.1, 0.15) is 0 Å². The fourth-order valence-corrected chi connectivity index (χ4v) is 1.46. The maximum absolute atomic E-state index is 10.4. The maximum Gasteiger partial charge on any atom is 0.270 e. The van der Waals surface area contributed by atoms with Gasteiger partial charge in [-0.15, -0.1) is 0 Å². The van der Waals surface area contributed by atoms with E-state index in [1.165, 1.54) is 12.1 Å². The van der Waals surface area contributed by atoms with Crippen molar-refractivity contribution < 1.29 is 10.0 Å². The first kappa shape index (κ1) is 10.9. The molecule has 0 heterocycles. The normalized spacial score (nSPS) is 9.86. The van der Waals surface area contributed by atoms with E-state index >= 15 is 0 Å². The van der Waals surface area contributed by atoms with Gasteiger partial charge in [0.15, 0.2) is 0 Å². The van der Waals surface area contributed by atoms with Crippen LogP contribution in [0.15, 0.2) is 22.7 Å². The van der Waals surface area contributed by atoms with Gasteiger partial charge in [0.05, 0.1) is 11.5 Å². The highest BCUT2D eigenvalue weighted by molar-refractivity contribution is 9.10. The lowest BCUT2D eigenvalue weighted by Gasteiger charge is -2.05.